The van der Waals surface area contributed by atoms with Crippen LogP contribution < -0.4 is 5.32 Å². The summed E-state index contributed by atoms with van der Waals surface area (Å²) in [4.78, 5) is 23.6. The monoisotopic (exact) mass is 311 g/mol. The topological polar surface area (TPSA) is 75.6 Å². The number of nitrogens with one attached hydrogen (secondary N) is 1. The molecule has 1 aromatic carbocycles. The van der Waals surface area contributed by atoms with Crippen LogP contribution in [0.25, 0.3) is 0 Å². The highest BCUT2D eigenvalue weighted by molar-refractivity contribution is 5.86. The van der Waals surface area contributed by atoms with E-state index in [-0.39, 0.29) is 12.6 Å². The molecule has 2 heterocycles. The predicted molar refractivity (Wildman–Crippen MR) is 70.7 cm³/mol. The first-order valence-corrected chi connectivity index (χ1v) is 7.07. The van der Waals surface area contributed by atoms with E-state index >= 15 is 0 Å². The standard InChI is InChI=1S/C15H15F2NO4/c16-8-2-1-7(5-9(8)17)6-18-14(19)12-10-3-4-11(22-10)13(12)15(20)21/h1-2,5,10-13H,3-4,6H2,(H,18,19)(H,20,21)/t10-,11+,12?,13?/m0/s1. The van der Waals surface area contributed by atoms with E-state index in [0.29, 0.717) is 18.4 Å². The first-order chi connectivity index (χ1) is 10.5. The molecule has 0 spiro atoms. The van der Waals surface area contributed by atoms with Crippen molar-refractivity contribution < 1.29 is 28.2 Å². The van der Waals surface area contributed by atoms with Crippen LogP contribution in [0.15, 0.2) is 18.2 Å². The predicted octanol–water partition coefficient (Wildman–Crippen LogP) is 1.46. The van der Waals surface area contributed by atoms with Crippen molar-refractivity contribution in [3.63, 3.8) is 0 Å². The second-order valence-electron chi connectivity index (χ2n) is 5.65. The number of amides is 1. The molecular weight excluding hydrogens is 296 g/mol. The van der Waals surface area contributed by atoms with Gasteiger partial charge in [0.25, 0.3) is 0 Å². The lowest BCUT2D eigenvalue weighted by atomic mass is 9.78. The van der Waals surface area contributed by atoms with E-state index in [4.69, 9.17) is 4.74 Å². The van der Waals surface area contributed by atoms with Crippen molar-refractivity contribution in [1.82, 2.24) is 5.32 Å². The Kier molecular flexibility index (Phi) is 3.82. The third-order valence-corrected chi connectivity index (χ3v) is 4.31. The van der Waals surface area contributed by atoms with Crippen LogP contribution in [-0.4, -0.2) is 29.2 Å². The minimum absolute atomic E-state index is 0.0102. The maximum absolute atomic E-state index is 13.1. The zero-order valence-electron chi connectivity index (χ0n) is 11.6. The van der Waals surface area contributed by atoms with Gasteiger partial charge >= 0.3 is 5.97 Å². The molecule has 1 aromatic rings. The molecule has 4 atom stereocenters. The number of halogens is 2. The van der Waals surface area contributed by atoms with Crippen molar-refractivity contribution in [2.45, 2.75) is 31.6 Å². The molecule has 2 aliphatic heterocycles. The lowest BCUT2D eigenvalue weighted by molar-refractivity contribution is -0.147. The van der Waals surface area contributed by atoms with Crippen molar-refractivity contribution in [2.75, 3.05) is 0 Å². The average molecular weight is 311 g/mol. The van der Waals surface area contributed by atoms with Gasteiger partial charge in [0.1, 0.15) is 0 Å². The zero-order chi connectivity index (χ0) is 15.9. The van der Waals surface area contributed by atoms with E-state index in [1.807, 2.05) is 0 Å². The van der Waals surface area contributed by atoms with E-state index in [1.165, 1.54) is 6.07 Å². The van der Waals surface area contributed by atoms with Gasteiger partial charge in [0, 0.05) is 6.54 Å². The van der Waals surface area contributed by atoms with Crippen molar-refractivity contribution in [1.29, 1.82) is 0 Å². The SMILES string of the molecule is O=C(NCc1ccc(F)c(F)c1)C1C(C(=O)O)[C@H]2CC[C@@H]1O2. The van der Waals surface area contributed by atoms with Crippen LogP contribution in [0.4, 0.5) is 8.78 Å². The number of hydrogen-bond donors (Lipinski definition) is 2. The minimum atomic E-state index is -1.04. The van der Waals surface area contributed by atoms with Crippen LogP contribution in [0.5, 0.6) is 0 Å². The second-order valence-corrected chi connectivity index (χ2v) is 5.65. The third-order valence-electron chi connectivity index (χ3n) is 4.31. The minimum Gasteiger partial charge on any atom is -0.481 e. The van der Waals surface area contributed by atoms with E-state index in [1.54, 1.807) is 0 Å². The zero-order valence-corrected chi connectivity index (χ0v) is 11.6. The van der Waals surface area contributed by atoms with Crippen LogP contribution in [0.3, 0.4) is 0 Å². The number of aliphatic carboxylic acids is 1. The Bertz CT molecular complexity index is 622. The van der Waals surface area contributed by atoms with E-state index < -0.39 is 41.5 Å². The summed E-state index contributed by atoms with van der Waals surface area (Å²) in [6.07, 6.45) is 0.518. The summed E-state index contributed by atoms with van der Waals surface area (Å²) in [7, 11) is 0. The summed E-state index contributed by atoms with van der Waals surface area (Å²) in [5.74, 6) is -4.99. The largest absolute Gasteiger partial charge is 0.481 e. The van der Waals surface area contributed by atoms with E-state index in [0.717, 1.165) is 12.1 Å². The van der Waals surface area contributed by atoms with Crippen molar-refractivity contribution in [2.24, 2.45) is 11.8 Å². The van der Waals surface area contributed by atoms with Crippen LogP contribution in [0.1, 0.15) is 18.4 Å². The van der Waals surface area contributed by atoms with Gasteiger partial charge in [-0.05, 0) is 30.5 Å². The second kappa shape index (κ2) is 5.64. The van der Waals surface area contributed by atoms with Gasteiger partial charge in [0.15, 0.2) is 11.6 Å². The third kappa shape index (κ3) is 2.56. The molecule has 0 aromatic heterocycles. The van der Waals surface area contributed by atoms with Gasteiger partial charge in [0.05, 0.1) is 24.0 Å². The molecule has 118 valence electrons. The Hall–Kier alpha value is -2.02. The Morgan fingerprint density at radius 3 is 2.50 bits per heavy atom. The Morgan fingerprint density at radius 1 is 1.18 bits per heavy atom. The van der Waals surface area contributed by atoms with E-state index in [2.05, 4.69) is 5.32 Å². The van der Waals surface area contributed by atoms with Crippen LogP contribution in [0.2, 0.25) is 0 Å². The van der Waals surface area contributed by atoms with Gasteiger partial charge in [-0.1, -0.05) is 6.07 Å². The van der Waals surface area contributed by atoms with Crippen molar-refractivity contribution in [3.05, 3.63) is 35.4 Å². The lowest BCUT2D eigenvalue weighted by Gasteiger charge is -2.23. The molecule has 2 saturated heterocycles. The number of ether oxygens (including phenoxy) is 1. The molecule has 7 heteroatoms. The number of carboxylic acid groups (broad SMARTS) is 1. The molecule has 3 rings (SSSR count). The fraction of sp³-hybridized carbons (Fsp3) is 0.467. The van der Waals surface area contributed by atoms with Crippen LogP contribution >= 0.6 is 0 Å². The molecule has 2 bridgehead atoms. The number of carboxylic acids is 1. The van der Waals surface area contributed by atoms with Gasteiger partial charge < -0.3 is 15.2 Å². The first-order valence-electron chi connectivity index (χ1n) is 7.07. The summed E-state index contributed by atoms with van der Waals surface area (Å²) >= 11 is 0. The van der Waals surface area contributed by atoms with Gasteiger partial charge in [-0.25, -0.2) is 8.78 Å². The van der Waals surface area contributed by atoms with Crippen molar-refractivity contribution in [3.8, 4) is 0 Å². The molecule has 1 amide bonds. The average Bonchev–Trinajstić information content (AvgIpc) is 3.08. The molecule has 5 nitrogen and oxygen atoms in total. The first kappa shape index (κ1) is 14.9. The summed E-state index contributed by atoms with van der Waals surface area (Å²) < 4.78 is 31.5. The number of fused-ring (bicyclic) bond motifs is 2. The fourth-order valence-electron chi connectivity index (χ4n) is 3.28. The molecule has 2 N–H and O–H groups in total. The van der Waals surface area contributed by atoms with Crippen LogP contribution in [0, 0.1) is 23.5 Å². The molecule has 2 fully saturated rings. The summed E-state index contributed by atoms with van der Waals surface area (Å²) in [5, 5.41) is 11.8. The smallest absolute Gasteiger partial charge is 0.310 e. The lowest BCUT2D eigenvalue weighted by Crippen LogP contribution is -2.43. The Balaban J connectivity index is 1.66. The normalized spacial score (nSPS) is 29.5. The Morgan fingerprint density at radius 2 is 1.86 bits per heavy atom. The number of hydrogen-bond acceptors (Lipinski definition) is 3. The molecule has 22 heavy (non-hydrogen) atoms. The quantitative estimate of drug-likeness (QED) is 0.883. The molecule has 2 aliphatic rings. The van der Waals surface area contributed by atoms with E-state index in [9.17, 15) is 23.5 Å². The highest BCUT2D eigenvalue weighted by Crippen LogP contribution is 2.43. The summed E-state index contributed by atoms with van der Waals surface area (Å²) in [5.41, 5.74) is 0.406. The molecule has 0 saturated carbocycles. The number of rotatable bonds is 4. The maximum atomic E-state index is 13.1. The number of benzene rings is 1. The summed E-state index contributed by atoms with van der Waals surface area (Å²) in [6.45, 7) is 0.0102. The highest BCUT2D eigenvalue weighted by atomic mass is 19.2. The number of carbonyl (C=O) groups excluding carboxylic acids is 1. The molecule has 2 unspecified atom stereocenters. The van der Waals surface area contributed by atoms with Crippen LogP contribution in [-0.2, 0) is 20.9 Å². The number of carbonyl (C=O) groups is 2. The van der Waals surface area contributed by atoms with Gasteiger partial charge in [-0.15, -0.1) is 0 Å². The molecule has 0 radical (unpaired) electrons. The molecular formula is C15H15F2NO4. The maximum Gasteiger partial charge on any atom is 0.310 e. The highest BCUT2D eigenvalue weighted by Gasteiger charge is 2.55. The van der Waals surface area contributed by atoms with Crippen molar-refractivity contribution >= 4 is 11.9 Å². The summed E-state index contributed by atoms with van der Waals surface area (Å²) in [6, 6.07) is 3.35. The van der Waals surface area contributed by atoms with Gasteiger partial charge in [-0.3, -0.25) is 9.59 Å². The fourth-order valence-corrected chi connectivity index (χ4v) is 3.28. The van der Waals surface area contributed by atoms with Gasteiger partial charge in [-0.2, -0.15) is 0 Å². The molecule has 0 aliphatic carbocycles. The van der Waals surface area contributed by atoms with Gasteiger partial charge in [0.2, 0.25) is 5.91 Å². The Labute approximate surface area is 125 Å².